The van der Waals surface area contributed by atoms with Crippen molar-refractivity contribution in [3.8, 4) is 5.75 Å². The number of alkyl halides is 1. The Hall–Kier alpha value is -0.760. The van der Waals surface area contributed by atoms with E-state index in [9.17, 15) is 4.39 Å². The van der Waals surface area contributed by atoms with Gasteiger partial charge in [-0.3, -0.25) is 0 Å². The zero-order chi connectivity index (χ0) is 10.1. The Morgan fingerprint density at radius 3 is 2.79 bits per heavy atom. The lowest BCUT2D eigenvalue weighted by Gasteiger charge is -2.31. The van der Waals surface area contributed by atoms with Crippen molar-refractivity contribution in [3.05, 3.63) is 29.6 Å². The highest BCUT2D eigenvalue weighted by molar-refractivity contribution is 6.21. The van der Waals surface area contributed by atoms with Gasteiger partial charge in [-0.2, -0.15) is 0 Å². The summed E-state index contributed by atoms with van der Waals surface area (Å²) in [6.07, 6.45) is 1.72. The maximum absolute atomic E-state index is 13.2. The van der Waals surface area contributed by atoms with E-state index in [0.29, 0.717) is 5.75 Å². The summed E-state index contributed by atoms with van der Waals surface area (Å²) in [6.45, 7) is 1.91. The fraction of sp³-hybridized carbons (Fsp3) is 0.455. The van der Waals surface area contributed by atoms with E-state index in [2.05, 4.69) is 0 Å². The van der Waals surface area contributed by atoms with Crippen molar-refractivity contribution in [1.82, 2.24) is 0 Å². The molecule has 1 aliphatic rings. The first-order valence-electron chi connectivity index (χ1n) is 4.72. The summed E-state index contributed by atoms with van der Waals surface area (Å²) in [5, 5.41) is 0.202. The van der Waals surface area contributed by atoms with Gasteiger partial charge in [0.25, 0.3) is 0 Å². The Morgan fingerprint density at radius 2 is 2.14 bits per heavy atom. The molecule has 0 saturated heterocycles. The predicted molar refractivity (Wildman–Crippen MR) is 54.4 cm³/mol. The molecule has 76 valence electrons. The van der Waals surface area contributed by atoms with Gasteiger partial charge in [-0.05, 0) is 24.6 Å². The second-order valence-corrected chi connectivity index (χ2v) is 4.36. The first kappa shape index (κ1) is 9.78. The zero-order valence-corrected chi connectivity index (χ0v) is 8.72. The van der Waals surface area contributed by atoms with Crippen LogP contribution in [0.15, 0.2) is 18.2 Å². The van der Waals surface area contributed by atoms with Crippen LogP contribution >= 0.6 is 11.6 Å². The Kier molecular flexibility index (Phi) is 2.64. The molecule has 0 unspecified atom stereocenters. The minimum Gasteiger partial charge on any atom is -0.487 e. The predicted octanol–water partition coefficient (Wildman–Crippen LogP) is 3.28. The van der Waals surface area contributed by atoms with Crippen LogP contribution in [0.4, 0.5) is 4.39 Å². The molecule has 1 fully saturated rings. The minimum absolute atomic E-state index is 0.0915. The monoisotopic (exact) mass is 214 g/mol. The Labute approximate surface area is 87.8 Å². The van der Waals surface area contributed by atoms with E-state index < -0.39 is 0 Å². The van der Waals surface area contributed by atoms with Gasteiger partial charge in [0.15, 0.2) is 11.6 Å². The van der Waals surface area contributed by atoms with Crippen molar-refractivity contribution >= 4 is 11.6 Å². The maximum atomic E-state index is 13.2. The second kappa shape index (κ2) is 3.77. The van der Waals surface area contributed by atoms with Crippen LogP contribution in [0.5, 0.6) is 5.75 Å². The molecule has 0 atom stereocenters. The number of rotatable bonds is 2. The molecule has 0 amide bonds. The average Bonchev–Trinajstić information content (AvgIpc) is 2.09. The lowest BCUT2D eigenvalue weighted by atomic mass is 9.95. The van der Waals surface area contributed by atoms with E-state index in [1.807, 2.05) is 6.92 Å². The molecule has 0 heterocycles. The van der Waals surface area contributed by atoms with E-state index in [0.717, 1.165) is 18.4 Å². The quantitative estimate of drug-likeness (QED) is 0.687. The van der Waals surface area contributed by atoms with Crippen LogP contribution in [0.1, 0.15) is 18.4 Å². The molecule has 14 heavy (non-hydrogen) atoms. The van der Waals surface area contributed by atoms with Crippen LogP contribution in [0.2, 0.25) is 0 Å². The van der Waals surface area contributed by atoms with E-state index in [1.165, 1.54) is 6.07 Å². The van der Waals surface area contributed by atoms with Gasteiger partial charge in [-0.15, -0.1) is 11.6 Å². The first-order valence-corrected chi connectivity index (χ1v) is 5.15. The van der Waals surface area contributed by atoms with Crippen molar-refractivity contribution in [3.63, 3.8) is 0 Å². The molecule has 2 rings (SSSR count). The number of ether oxygens (including phenoxy) is 1. The van der Waals surface area contributed by atoms with Crippen LogP contribution < -0.4 is 4.74 Å². The molecule has 1 nitrogen and oxygen atoms in total. The summed E-state index contributed by atoms with van der Waals surface area (Å²) in [5.74, 6) is 0.0483. The standard InChI is InChI=1S/C11H12ClFO/c1-7-2-3-10(13)11(4-7)14-9-5-8(12)6-9/h2-4,8-9H,5-6H2,1H3. The fourth-order valence-electron chi connectivity index (χ4n) is 1.48. The van der Waals surface area contributed by atoms with Gasteiger partial charge in [-0.25, -0.2) is 4.39 Å². The van der Waals surface area contributed by atoms with E-state index in [1.54, 1.807) is 12.1 Å². The lowest BCUT2D eigenvalue weighted by Crippen LogP contribution is -2.34. The van der Waals surface area contributed by atoms with Gasteiger partial charge in [0.1, 0.15) is 6.10 Å². The van der Waals surface area contributed by atoms with Crippen molar-refractivity contribution < 1.29 is 9.13 Å². The molecule has 1 aromatic carbocycles. The topological polar surface area (TPSA) is 9.23 Å². The molecule has 0 bridgehead atoms. The van der Waals surface area contributed by atoms with Crippen LogP contribution in [0.3, 0.4) is 0 Å². The maximum Gasteiger partial charge on any atom is 0.165 e. The average molecular weight is 215 g/mol. The summed E-state index contributed by atoms with van der Waals surface area (Å²) in [5.41, 5.74) is 1.00. The smallest absolute Gasteiger partial charge is 0.165 e. The molecule has 1 saturated carbocycles. The van der Waals surface area contributed by atoms with E-state index in [4.69, 9.17) is 16.3 Å². The third-order valence-corrected chi connectivity index (χ3v) is 2.77. The number of hydrogen-bond acceptors (Lipinski definition) is 1. The molecule has 0 radical (unpaired) electrons. The van der Waals surface area contributed by atoms with Crippen LogP contribution in [-0.2, 0) is 0 Å². The van der Waals surface area contributed by atoms with Crippen LogP contribution in [0, 0.1) is 12.7 Å². The highest BCUT2D eigenvalue weighted by Crippen LogP contribution is 2.31. The first-order chi connectivity index (χ1) is 6.65. The second-order valence-electron chi connectivity index (χ2n) is 3.74. The number of aryl methyl sites for hydroxylation is 1. The number of benzene rings is 1. The number of hydrogen-bond donors (Lipinski definition) is 0. The largest absolute Gasteiger partial charge is 0.487 e. The summed E-state index contributed by atoms with van der Waals surface area (Å²) in [6, 6.07) is 4.88. The van der Waals surface area contributed by atoms with Gasteiger partial charge in [0.2, 0.25) is 0 Å². The fourth-order valence-corrected chi connectivity index (χ4v) is 1.88. The third-order valence-electron chi connectivity index (χ3n) is 2.42. The third kappa shape index (κ3) is 2.01. The van der Waals surface area contributed by atoms with Crippen molar-refractivity contribution in [2.24, 2.45) is 0 Å². The van der Waals surface area contributed by atoms with Crippen molar-refractivity contribution in [2.75, 3.05) is 0 Å². The normalized spacial score (nSPS) is 25.6. The zero-order valence-electron chi connectivity index (χ0n) is 7.97. The van der Waals surface area contributed by atoms with Crippen molar-refractivity contribution in [1.29, 1.82) is 0 Å². The van der Waals surface area contributed by atoms with Crippen LogP contribution in [0.25, 0.3) is 0 Å². The summed E-state index contributed by atoms with van der Waals surface area (Å²) >= 11 is 5.81. The number of halogens is 2. The molecular weight excluding hydrogens is 203 g/mol. The molecule has 0 spiro atoms. The van der Waals surface area contributed by atoms with Crippen molar-refractivity contribution in [2.45, 2.75) is 31.2 Å². The molecule has 1 aliphatic carbocycles. The summed E-state index contributed by atoms with van der Waals surface area (Å²) in [7, 11) is 0. The molecule has 0 N–H and O–H groups in total. The Bertz CT molecular complexity index is 334. The Morgan fingerprint density at radius 1 is 1.43 bits per heavy atom. The van der Waals surface area contributed by atoms with Gasteiger partial charge in [-0.1, -0.05) is 6.07 Å². The molecule has 0 aromatic heterocycles. The Balaban J connectivity index is 2.05. The molecule has 0 aliphatic heterocycles. The molecule has 3 heteroatoms. The summed E-state index contributed by atoms with van der Waals surface area (Å²) in [4.78, 5) is 0. The van der Waals surface area contributed by atoms with Gasteiger partial charge in [0, 0.05) is 18.2 Å². The van der Waals surface area contributed by atoms with Gasteiger partial charge < -0.3 is 4.74 Å². The van der Waals surface area contributed by atoms with E-state index >= 15 is 0 Å². The highest BCUT2D eigenvalue weighted by Gasteiger charge is 2.29. The summed E-state index contributed by atoms with van der Waals surface area (Å²) < 4.78 is 18.7. The van der Waals surface area contributed by atoms with Crippen LogP contribution in [-0.4, -0.2) is 11.5 Å². The minimum atomic E-state index is -0.298. The van der Waals surface area contributed by atoms with Gasteiger partial charge >= 0.3 is 0 Å². The van der Waals surface area contributed by atoms with Gasteiger partial charge in [0.05, 0.1) is 0 Å². The molecular formula is C11H12ClFO. The SMILES string of the molecule is Cc1ccc(F)c(OC2CC(Cl)C2)c1. The molecule has 1 aromatic rings. The lowest BCUT2D eigenvalue weighted by molar-refractivity contribution is 0.118. The van der Waals surface area contributed by atoms with E-state index in [-0.39, 0.29) is 17.3 Å². The highest BCUT2D eigenvalue weighted by atomic mass is 35.5.